The first-order chi connectivity index (χ1) is 7.83. The molecule has 0 aromatic carbocycles. The summed E-state index contributed by atoms with van der Waals surface area (Å²) in [7, 11) is 0. The van der Waals surface area contributed by atoms with E-state index < -0.39 is 0 Å². The summed E-state index contributed by atoms with van der Waals surface area (Å²) in [5, 5.41) is 6.16. The van der Waals surface area contributed by atoms with Gasteiger partial charge in [0.2, 0.25) is 5.91 Å². The molecule has 4 heteroatoms. The first kappa shape index (κ1) is 13.5. The fourth-order valence-corrected chi connectivity index (χ4v) is 1.84. The molecular formula is C12H24N2O2. The van der Waals surface area contributed by atoms with Crippen molar-refractivity contribution in [3.05, 3.63) is 0 Å². The molecule has 0 bridgehead atoms. The minimum absolute atomic E-state index is 0.116. The predicted molar refractivity (Wildman–Crippen MR) is 64.4 cm³/mol. The molecule has 1 amide bonds. The monoisotopic (exact) mass is 228 g/mol. The van der Waals surface area contributed by atoms with Crippen LogP contribution in [0.15, 0.2) is 0 Å². The molecule has 0 aliphatic carbocycles. The van der Waals surface area contributed by atoms with Crippen LogP contribution in [0.5, 0.6) is 0 Å². The van der Waals surface area contributed by atoms with Crippen LogP contribution in [-0.4, -0.2) is 38.3 Å². The van der Waals surface area contributed by atoms with Crippen LogP contribution in [-0.2, 0) is 9.53 Å². The molecule has 1 rings (SSSR count). The van der Waals surface area contributed by atoms with Crippen molar-refractivity contribution < 1.29 is 9.53 Å². The van der Waals surface area contributed by atoms with Gasteiger partial charge >= 0.3 is 0 Å². The Kier molecular flexibility index (Phi) is 7.17. The van der Waals surface area contributed by atoms with E-state index in [0.29, 0.717) is 13.0 Å². The van der Waals surface area contributed by atoms with Crippen molar-refractivity contribution in [2.75, 3.05) is 26.2 Å². The molecule has 0 saturated carbocycles. The van der Waals surface area contributed by atoms with E-state index in [1.807, 2.05) is 0 Å². The molecule has 4 nitrogen and oxygen atoms in total. The summed E-state index contributed by atoms with van der Waals surface area (Å²) >= 11 is 0. The van der Waals surface area contributed by atoms with Crippen LogP contribution in [0.3, 0.4) is 0 Å². The molecule has 1 aliphatic heterocycles. The van der Waals surface area contributed by atoms with Gasteiger partial charge in [0.25, 0.3) is 0 Å². The summed E-state index contributed by atoms with van der Waals surface area (Å²) in [6, 6.07) is 0. The van der Waals surface area contributed by atoms with E-state index in [9.17, 15) is 4.79 Å². The second kappa shape index (κ2) is 8.53. The highest BCUT2D eigenvalue weighted by Gasteiger charge is 2.16. The zero-order chi connectivity index (χ0) is 11.6. The van der Waals surface area contributed by atoms with E-state index in [2.05, 4.69) is 17.6 Å². The Hall–Kier alpha value is -0.610. The number of nitrogens with one attached hydrogen (secondary N) is 2. The van der Waals surface area contributed by atoms with Gasteiger partial charge < -0.3 is 15.4 Å². The van der Waals surface area contributed by atoms with Crippen LogP contribution in [0.1, 0.15) is 39.0 Å². The van der Waals surface area contributed by atoms with Crippen molar-refractivity contribution in [1.29, 1.82) is 0 Å². The number of amides is 1. The van der Waals surface area contributed by atoms with Crippen LogP contribution < -0.4 is 10.6 Å². The Morgan fingerprint density at radius 3 is 2.88 bits per heavy atom. The molecular weight excluding hydrogens is 204 g/mol. The molecule has 1 unspecified atom stereocenters. The highest BCUT2D eigenvalue weighted by Crippen LogP contribution is 2.15. The number of hydrogen-bond acceptors (Lipinski definition) is 3. The lowest BCUT2D eigenvalue weighted by atomic mass is 10.1. The zero-order valence-electron chi connectivity index (χ0n) is 10.3. The number of rotatable bonds is 7. The quantitative estimate of drug-likeness (QED) is 0.641. The second-order valence-electron chi connectivity index (χ2n) is 4.29. The van der Waals surface area contributed by atoms with Crippen LogP contribution in [0, 0.1) is 0 Å². The van der Waals surface area contributed by atoms with E-state index in [1.165, 1.54) is 6.42 Å². The average molecular weight is 228 g/mol. The molecule has 94 valence electrons. The number of carbonyl (C=O) groups is 1. The number of ether oxygens (including phenoxy) is 1. The number of carbonyl (C=O) groups excluding carboxylic acids is 1. The average Bonchev–Trinajstić information content (AvgIpc) is 2.30. The highest BCUT2D eigenvalue weighted by atomic mass is 16.5. The van der Waals surface area contributed by atoms with Crippen LogP contribution in [0.25, 0.3) is 0 Å². The second-order valence-corrected chi connectivity index (χ2v) is 4.29. The third-order valence-electron chi connectivity index (χ3n) is 2.74. The SMILES string of the molecule is CCCNCCNC(=O)CC1CCCCO1. The molecule has 1 saturated heterocycles. The first-order valence-corrected chi connectivity index (χ1v) is 6.42. The molecule has 1 atom stereocenters. The lowest BCUT2D eigenvalue weighted by molar-refractivity contribution is -0.124. The molecule has 1 heterocycles. The lowest BCUT2D eigenvalue weighted by Crippen LogP contribution is -2.35. The summed E-state index contributed by atoms with van der Waals surface area (Å²) < 4.78 is 5.52. The molecule has 0 aromatic rings. The molecule has 0 spiro atoms. The van der Waals surface area contributed by atoms with Crippen molar-refractivity contribution in [2.24, 2.45) is 0 Å². The third-order valence-corrected chi connectivity index (χ3v) is 2.74. The Morgan fingerprint density at radius 1 is 1.31 bits per heavy atom. The summed E-state index contributed by atoms with van der Waals surface area (Å²) in [6.07, 6.45) is 5.16. The lowest BCUT2D eigenvalue weighted by Gasteiger charge is -2.21. The van der Waals surface area contributed by atoms with Crippen LogP contribution in [0.2, 0.25) is 0 Å². The van der Waals surface area contributed by atoms with E-state index in [0.717, 1.165) is 39.0 Å². The molecule has 16 heavy (non-hydrogen) atoms. The Balaban J connectivity index is 1.97. The van der Waals surface area contributed by atoms with Crippen molar-refractivity contribution in [3.8, 4) is 0 Å². The van der Waals surface area contributed by atoms with E-state index in [1.54, 1.807) is 0 Å². The maximum atomic E-state index is 11.5. The standard InChI is InChI=1S/C12H24N2O2/c1-2-6-13-7-8-14-12(15)10-11-5-3-4-9-16-11/h11,13H,2-10H2,1H3,(H,14,15). The summed E-state index contributed by atoms with van der Waals surface area (Å²) in [4.78, 5) is 11.5. The number of hydrogen-bond donors (Lipinski definition) is 2. The van der Waals surface area contributed by atoms with Gasteiger partial charge in [-0.25, -0.2) is 0 Å². The van der Waals surface area contributed by atoms with Gasteiger partial charge in [-0.3, -0.25) is 4.79 Å². The van der Waals surface area contributed by atoms with Crippen molar-refractivity contribution in [3.63, 3.8) is 0 Å². The summed E-state index contributed by atoms with van der Waals surface area (Å²) in [5.74, 6) is 0.116. The largest absolute Gasteiger partial charge is 0.378 e. The Bertz CT molecular complexity index is 191. The maximum absolute atomic E-state index is 11.5. The summed E-state index contributed by atoms with van der Waals surface area (Å²) in [6.45, 7) is 5.53. The van der Waals surface area contributed by atoms with Gasteiger partial charge in [-0.15, -0.1) is 0 Å². The van der Waals surface area contributed by atoms with Crippen molar-refractivity contribution >= 4 is 5.91 Å². The van der Waals surface area contributed by atoms with Gasteiger partial charge in [0.1, 0.15) is 0 Å². The van der Waals surface area contributed by atoms with E-state index >= 15 is 0 Å². The maximum Gasteiger partial charge on any atom is 0.222 e. The fourth-order valence-electron chi connectivity index (χ4n) is 1.84. The van der Waals surface area contributed by atoms with Gasteiger partial charge in [0, 0.05) is 19.7 Å². The first-order valence-electron chi connectivity index (χ1n) is 6.42. The Labute approximate surface area is 98.1 Å². The van der Waals surface area contributed by atoms with Crippen molar-refractivity contribution in [2.45, 2.75) is 45.1 Å². The minimum Gasteiger partial charge on any atom is -0.378 e. The molecule has 0 radical (unpaired) electrons. The van der Waals surface area contributed by atoms with Crippen molar-refractivity contribution in [1.82, 2.24) is 10.6 Å². The van der Waals surface area contributed by atoms with Gasteiger partial charge in [0.15, 0.2) is 0 Å². The molecule has 1 aliphatic rings. The third kappa shape index (κ3) is 6.08. The predicted octanol–water partition coefficient (Wildman–Crippen LogP) is 1.06. The van der Waals surface area contributed by atoms with Gasteiger partial charge in [-0.05, 0) is 32.2 Å². The van der Waals surface area contributed by atoms with Crippen LogP contribution >= 0.6 is 0 Å². The minimum atomic E-state index is 0.116. The van der Waals surface area contributed by atoms with Gasteiger partial charge in [0.05, 0.1) is 12.5 Å². The summed E-state index contributed by atoms with van der Waals surface area (Å²) in [5.41, 5.74) is 0. The molecule has 2 N–H and O–H groups in total. The topological polar surface area (TPSA) is 50.4 Å². The van der Waals surface area contributed by atoms with Gasteiger partial charge in [-0.1, -0.05) is 6.92 Å². The zero-order valence-corrected chi connectivity index (χ0v) is 10.3. The molecule has 0 aromatic heterocycles. The van der Waals surface area contributed by atoms with E-state index in [4.69, 9.17) is 4.74 Å². The van der Waals surface area contributed by atoms with Gasteiger partial charge in [-0.2, -0.15) is 0 Å². The Morgan fingerprint density at radius 2 is 2.19 bits per heavy atom. The van der Waals surface area contributed by atoms with Crippen LogP contribution in [0.4, 0.5) is 0 Å². The normalized spacial score (nSPS) is 20.7. The highest BCUT2D eigenvalue weighted by molar-refractivity contribution is 5.76. The van der Waals surface area contributed by atoms with E-state index in [-0.39, 0.29) is 12.0 Å². The fraction of sp³-hybridized carbons (Fsp3) is 0.917. The molecule has 1 fully saturated rings. The smallest absolute Gasteiger partial charge is 0.222 e.